The van der Waals surface area contributed by atoms with E-state index in [9.17, 15) is 18.4 Å². The fraction of sp³-hybridized carbons (Fsp3) is 0.200. The number of hydrogen-bond donors (Lipinski definition) is 1. The van der Waals surface area contributed by atoms with Crippen molar-refractivity contribution in [3.05, 3.63) is 89.0 Å². The Kier molecular flexibility index (Phi) is 6.26. The van der Waals surface area contributed by atoms with Crippen molar-refractivity contribution < 1.29 is 27.8 Å². The normalized spacial score (nSPS) is 15.3. The van der Waals surface area contributed by atoms with Gasteiger partial charge >= 0.3 is 0 Å². The standard InChI is InChI=1S/C25H22F2N2O4/c1-15-25(31)29(13-16-9-19(26)12-20(27)10-16)14-18-11-21(5-8-23(18)33-15)28-24(30)17-3-6-22(32-2)7-4-17/h3-12,15H,13-14H2,1-2H3,(H,28,30). The summed E-state index contributed by atoms with van der Waals surface area (Å²) in [5.74, 6) is -0.874. The third-order valence-electron chi connectivity index (χ3n) is 5.29. The number of carbonyl (C=O) groups excluding carboxylic acids is 2. The average Bonchev–Trinajstić information content (AvgIpc) is 2.89. The van der Waals surface area contributed by atoms with Gasteiger partial charge in [0.1, 0.15) is 23.1 Å². The first-order valence-electron chi connectivity index (χ1n) is 10.3. The van der Waals surface area contributed by atoms with E-state index in [1.807, 2.05) is 0 Å². The minimum absolute atomic E-state index is 0.0170. The van der Waals surface area contributed by atoms with Gasteiger partial charge in [-0.25, -0.2) is 8.78 Å². The number of methoxy groups -OCH3 is 1. The number of carbonyl (C=O) groups is 2. The van der Waals surface area contributed by atoms with Gasteiger partial charge in [-0.1, -0.05) is 0 Å². The fourth-order valence-electron chi connectivity index (χ4n) is 3.68. The molecule has 0 aromatic heterocycles. The molecule has 0 fully saturated rings. The monoisotopic (exact) mass is 452 g/mol. The zero-order valence-electron chi connectivity index (χ0n) is 18.1. The highest BCUT2D eigenvalue weighted by Crippen LogP contribution is 2.30. The number of benzene rings is 3. The molecular formula is C25H22F2N2O4. The maximum atomic E-state index is 13.6. The highest BCUT2D eigenvalue weighted by Gasteiger charge is 2.28. The van der Waals surface area contributed by atoms with Gasteiger partial charge in [-0.2, -0.15) is 0 Å². The van der Waals surface area contributed by atoms with E-state index in [2.05, 4.69) is 5.32 Å². The van der Waals surface area contributed by atoms with Crippen LogP contribution in [0.3, 0.4) is 0 Å². The molecule has 1 heterocycles. The van der Waals surface area contributed by atoms with Crippen molar-refractivity contribution in [1.29, 1.82) is 0 Å². The molecule has 8 heteroatoms. The number of ether oxygens (including phenoxy) is 2. The molecule has 33 heavy (non-hydrogen) atoms. The summed E-state index contributed by atoms with van der Waals surface area (Å²) in [6, 6.07) is 15.0. The molecule has 0 bridgehead atoms. The topological polar surface area (TPSA) is 67.9 Å². The van der Waals surface area contributed by atoms with Gasteiger partial charge in [0.25, 0.3) is 11.8 Å². The third-order valence-corrected chi connectivity index (χ3v) is 5.29. The molecule has 170 valence electrons. The second-order valence-corrected chi connectivity index (χ2v) is 7.74. The molecule has 0 radical (unpaired) electrons. The maximum Gasteiger partial charge on any atom is 0.263 e. The van der Waals surface area contributed by atoms with Crippen LogP contribution in [-0.2, 0) is 17.9 Å². The molecule has 0 saturated heterocycles. The minimum atomic E-state index is -0.774. The van der Waals surface area contributed by atoms with Gasteiger partial charge in [0.05, 0.1) is 7.11 Å². The molecule has 2 amide bonds. The van der Waals surface area contributed by atoms with Crippen molar-refractivity contribution in [1.82, 2.24) is 4.90 Å². The van der Waals surface area contributed by atoms with E-state index in [1.54, 1.807) is 56.5 Å². The molecule has 1 aliphatic rings. The predicted molar refractivity (Wildman–Crippen MR) is 118 cm³/mol. The Balaban J connectivity index is 1.56. The van der Waals surface area contributed by atoms with E-state index < -0.39 is 17.7 Å². The van der Waals surface area contributed by atoms with E-state index in [4.69, 9.17) is 9.47 Å². The quantitative estimate of drug-likeness (QED) is 0.618. The van der Waals surface area contributed by atoms with Crippen molar-refractivity contribution in [3.63, 3.8) is 0 Å². The smallest absolute Gasteiger partial charge is 0.263 e. The maximum absolute atomic E-state index is 13.6. The fourth-order valence-corrected chi connectivity index (χ4v) is 3.68. The molecular weight excluding hydrogens is 430 g/mol. The lowest BCUT2D eigenvalue weighted by atomic mass is 10.1. The number of halogens is 2. The van der Waals surface area contributed by atoms with Crippen LogP contribution in [-0.4, -0.2) is 29.9 Å². The molecule has 1 unspecified atom stereocenters. The van der Waals surface area contributed by atoms with E-state index in [0.29, 0.717) is 33.9 Å². The van der Waals surface area contributed by atoms with E-state index in [1.165, 1.54) is 17.0 Å². The summed E-state index contributed by atoms with van der Waals surface area (Å²) >= 11 is 0. The number of anilines is 1. The minimum Gasteiger partial charge on any atom is -0.497 e. The summed E-state index contributed by atoms with van der Waals surface area (Å²) in [5, 5.41) is 2.83. The van der Waals surface area contributed by atoms with Crippen molar-refractivity contribution in [3.8, 4) is 11.5 Å². The Hall–Kier alpha value is -3.94. The molecule has 1 atom stereocenters. The van der Waals surface area contributed by atoms with Gasteiger partial charge in [-0.15, -0.1) is 0 Å². The number of amides is 2. The van der Waals surface area contributed by atoms with Gasteiger partial charge in [0.15, 0.2) is 6.10 Å². The Morgan fingerprint density at radius 1 is 1.09 bits per heavy atom. The molecule has 4 rings (SSSR count). The van der Waals surface area contributed by atoms with Crippen molar-refractivity contribution in [2.75, 3.05) is 12.4 Å². The largest absolute Gasteiger partial charge is 0.497 e. The molecule has 0 saturated carbocycles. The van der Waals surface area contributed by atoms with Crippen LogP contribution < -0.4 is 14.8 Å². The van der Waals surface area contributed by atoms with Gasteiger partial charge in [-0.05, 0) is 67.1 Å². The molecule has 3 aromatic rings. The van der Waals surface area contributed by atoms with E-state index in [-0.39, 0.29) is 24.9 Å². The van der Waals surface area contributed by atoms with Gasteiger partial charge in [0, 0.05) is 36.0 Å². The zero-order valence-corrected chi connectivity index (χ0v) is 18.1. The molecule has 6 nitrogen and oxygen atoms in total. The van der Waals surface area contributed by atoms with E-state index >= 15 is 0 Å². The Morgan fingerprint density at radius 3 is 2.45 bits per heavy atom. The number of hydrogen-bond acceptors (Lipinski definition) is 4. The predicted octanol–water partition coefficient (Wildman–Crippen LogP) is 4.54. The lowest BCUT2D eigenvalue weighted by Crippen LogP contribution is -2.37. The third kappa shape index (κ3) is 5.11. The highest BCUT2D eigenvalue weighted by molar-refractivity contribution is 6.04. The van der Waals surface area contributed by atoms with E-state index in [0.717, 1.165) is 6.07 Å². The zero-order chi connectivity index (χ0) is 23.5. The van der Waals surface area contributed by atoms with Crippen LogP contribution in [0.15, 0.2) is 60.7 Å². The van der Waals surface area contributed by atoms with Gasteiger partial charge in [-0.3, -0.25) is 9.59 Å². The summed E-state index contributed by atoms with van der Waals surface area (Å²) in [7, 11) is 1.55. The Labute approximate surface area is 189 Å². The van der Waals surface area contributed by atoms with Crippen LogP contribution in [0.25, 0.3) is 0 Å². The van der Waals surface area contributed by atoms with Crippen molar-refractivity contribution in [2.24, 2.45) is 0 Å². The summed E-state index contributed by atoms with van der Waals surface area (Å²) < 4.78 is 38.1. The number of rotatable bonds is 5. The summed E-state index contributed by atoms with van der Waals surface area (Å²) in [4.78, 5) is 26.9. The summed E-state index contributed by atoms with van der Waals surface area (Å²) in [6.07, 6.45) is -0.774. The lowest BCUT2D eigenvalue weighted by Gasteiger charge is -2.22. The van der Waals surface area contributed by atoms with Crippen LogP contribution in [0, 0.1) is 11.6 Å². The molecule has 3 aromatic carbocycles. The number of fused-ring (bicyclic) bond motifs is 1. The second-order valence-electron chi connectivity index (χ2n) is 7.74. The SMILES string of the molecule is COc1ccc(C(=O)Nc2ccc3c(c2)CN(Cc2cc(F)cc(F)c2)C(=O)C(C)O3)cc1. The highest BCUT2D eigenvalue weighted by atomic mass is 19.1. The first-order valence-corrected chi connectivity index (χ1v) is 10.3. The van der Waals surface area contributed by atoms with Crippen LogP contribution >= 0.6 is 0 Å². The van der Waals surface area contributed by atoms with Crippen LogP contribution in [0.5, 0.6) is 11.5 Å². The lowest BCUT2D eigenvalue weighted by molar-refractivity contribution is -0.138. The Bertz CT molecular complexity index is 1180. The number of nitrogens with one attached hydrogen (secondary N) is 1. The van der Waals surface area contributed by atoms with Crippen LogP contribution in [0.1, 0.15) is 28.4 Å². The Morgan fingerprint density at radius 2 is 1.79 bits per heavy atom. The van der Waals surface area contributed by atoms with Crippen LogP contribution in [0.2, 0.25) is 0 Å². The van der Waals surface area contributed by atoms with Gasteiger partial charge < -0.3 is 19.7 Å². The molecule has 1 N–H and O–H groups in total. The van der Waals surface area contributed by atoms with Crippen LogP contribution in [0.4, 0.5) is 14.5 Å². The average molecular weight is 452 g/mol. The molecule has 0 spiro atoms. The van der Waals surface area contributed by atoms with Gasteiger partial charge in [0.2, 0.25) is 0 Å². The molecule has 0 aliphatic carbocycles. The van der Waals surface area contributed by atoms with Crippen molar-refractivity contribution in [2.45, 2.75) is 26.1 Å². The first-order chi connectivity index (χ1) is 15.8. The summed E-state index contributed by atoms with van der Waals surface area (Å²) in [5.41, 5.74) is 1.98. The first kappa shape index (κ1) is 22.3. The molecule has 1 aliphatic heterocycles. The number of nitrogens with zero attached hydrogens (tertiary/aromatic N) is 1. The summed E-state index contributed by atoms with van der Waals surface area (Å²) in [6.45, 7) is 1.79. The van der Waals surface area contributed by atoms with Crippen molar-refractivity contribution >= 4 is 17.5 Å². The second kappa shape index (κ2) is 9.28.